The van der Waals surface area contributed by atoms with Gasteiger partial charge in [0.2, 0.25) is 10.0 Å². The Balaban J connectivity index is 1.80. The number of ether oxygens (including phenoxy) is 2. The lowest BCUT2D eigenvalue weighted by atomic mass is 9.68. The first-order valence-electron chi connectivity index (χ1n) is 7.14. The molecular weight excluding hydrogens is 310 g/mol. The summed E-state index contributed by atoms with van der Waals surface area (Å²) in [6, 6.07) is 1.66. The Morgan fingerprint density at radius 1 is 1.48 bits per heavy atom. The van der Waals surface area contributed by atoms with Crippen LogP contribution in [0.1, 0.15) is 16.2 Å². The summed E-state index contributed by atoms with van der Waals surface area (Å²) in [6.45, 7) is 5.01. The lowest BCUT2D eigenvalue weighted by Crippen LogP contribution is -2.62. The Morgan fingerprint density at radius 2 is 2.24 bits per heavy atom. The van der Waals surface area contributed by atoms with Crippen molar-refractivity contribution < 1.29 is 17.9 Å². The van der Waals surface area contributed by atoms with Crippen LogP contribution in [0.3, 0.4) is 0 Å². The third-order valence-corrected chi connectivity index (χ3v) is 7.14. The smallest absolute Gasteiger partial charge is 0.241 e. The molecule has 2 aliphatic rings. The second-order valence-electron chi connectivity index (χ2n) is 5.83. The molecule has 0 amide bonds. The zero-order valence-electron chi connectivity index (χ0n) is 12.5. The molecule has 1 aromatic rings. The summed E-state index contributed by atoms with van der Waals surface area (Å²) in [5.41, 5.74) is 0. The van der Waals surface area contributed by atoms with E-state index in [-0.39, 0.29) is 24.0 Å². The summed E-state index contributed by atoms with van der Waals surface area (Å²) < 4.78 is 39.0. The van der Waals surface area contributed by atoms with Crippen LogP contribution in [0.15, 0.2) is 11.0 Å². The van der Waals surface area contributed by atoms with Crippen LogP contribution in [0.25, 0.3) is 0 Å². The van der Waals surface area contributed by atoms with Crippen molar-refractivity contribution in [2.75, 3.05) is 20.3 Å². The van der Waals surface area contributed by atoms with E-state index in [1.807, 2.05) is 13.8 Å². The molecule has 1 saturated heterocycles. The summed E-state index contributed by atoms with van der Waals surface area (Å²) in [5, 5.41) is 0. The fourth-order valence-electron chi connectivity index (χ4n) is 3.51. The normalized spacial score (nSPS) is 32.0. The van der Waals surface area contributed by atoms with Crippen molar-refractivity contribution >= 4 is 21.4 Å². The van der Waals surface area contributed by atoms with Crippen LogP contribution < -0.4 is 4.72 Å². The van der Waals surface area contributed by atoms with Crippen molar-refractivity contribution in [1.29, 1.82) is 0 Å². The fraction of sp³-hybridized carbons (Fsp3) is 0.714. The minimum Gasteiger partial charge on any atom is -0.384 e. The van der Waals surface area contributed by atoms with E-state index >= 15 is 0 Å². The Morgan fingerprint density at radius 3 is 2.86 bits per heavy atom. The first-order chi connectivity index (χ1) is 9.94. The van der Waals surface area contributed by atoms with Gasteiger partial charge < -0.3 is 9.47 Å². The van der Waals surface area contributed by atoms with E-state index in [0.717, 1.165) is 16.2 Å². The fourth-order valence-corrected chi connectivity index (χ4v) is 6.41. The van der Waals surface area contributed by atoms with Gasteiger partial charge >= 0.3 is 0 Å². The molecule has 1 saturated carbocycles. The van der Waals surface area contributed by atoms with Crippen molar-refractivity contribution in [3.05, 3.63) is 15.8 Å². The van der Waals surface area contributed by atoms with Crippen LogP contribution in [0.5, 0.6) is 0 Å². The summed E-state index contributed by atoms with van der Waals surface area (Å²) in [6.07, 6.45) is 1.06. The predicted molar refractivity (Wildman–Crippen MR) is 81.1 cm³/mol. The molecule has 0 radical (unpaired) electrons. The van der Waals surface area contributed by atoms with Crippen molar-refractivity contribution in [1.82, 2.24) is 4.72 Å². The summed E-state index contributed by atoms with van der Waals surface area (Å²) in [7, 11) is -1.83. The molecule has 0 spiro atoms. The Kier molecular flexibility index (Phi) is 4.13. The monoisotopic (exact) mass is 331 g/mol. The lowest BCUT2D eigenvalue weighted by molar-refractivity contribution is -0.0775. The average Bonchev–Trinajstić information content (AvgIpc) is 2.98. The van der Waals surface area contributed by atoms with Gasteiger partial charge in [0.1, 0.15) is 0 Å². The van der Waals surface area contributed by atoms with E-state index < -0.39 is 10.0 Å². The molecule has 1 aromatic heterocycles. The second-order valence-corrected chi connectivity index (χ2v) is 8.97. The van der Waals surface area contributed by atoms with E-state index in [9.17, 15) is 8.42 Å². The number of aryl methyl sites for hydroxylation is 2. The summed E-state index contributed by atoms with van der Waals surface area (Å²) >= 11 is 1.51. The van der Waals surface area contributed by atoms with Crippen molar-refractivity contribution in [2.24, 2.45) is 11.8 Å². The van der Waals surface area contributed by atoms with Crippen LogP contribution in [-0.2, 0) is 19.5 Å². The molecule has 5 nitrogen and oxygen atoms in total. The van der Waals surface area contributed by atoms with Crippen LogP contribution in [0.2, 0.25) is 0 Å². The SMILES string of the molecule is COC[C@@H]1[C@@H](NS(=O)(=O)c2cc(C)sc2C)[C@@H]2CCO[C@H]12. The first kappa shape index (κ1) is 15.4. The minimum atomic E-state index is -3.47. The molecule has 0 unspecified atom stereocenters. The highest BCUT2D eigenvalue weighted by Gasteiger charge is 2.55. The maximum Gasteiger partial charge on any atom is 0.241 e. The van der Waals surface area contributed by atoms with Crippen molar-refractivity contribution in [2.45, 2.75) is 37.3 Å². The maximum atomic E-state index is 12.6. The van der Waals surface area contributed by atoms with Gasteiger partial charge in [-0.3, -0.25) is 0 Å². The van der Waals surface area contributed by atoms with Gasteiger partial charge in [-0.2, -0.15) is 0 Å². The van der Waals surface area contributed by atoms with Crippen LogP contribution >= 0.6 is 11.3 Å². The topological polar surface area (TPSA) is 64.6 Å². The minimum absolute atomic E-state index is 0.0814. The van der Waals surface area contributed by atoms with E-state index in [1.54, 1.807) is 13.2 Å². The quantitative estimate of drug-likeness (QED) is 0.892. The summed E-state index contributed by atoms with van der Waals surface area (Å²) in [4.78, 5) is 2.25. The number of nitrogens with one attached hydrogen (secondary N) is 1. The molecular formula is C14H21NO4S2. The highest BCUT2D eigenvalue weighted by atomic mass is 32.2. The molecule has 1 aliphatic carbocycles. The number of thiophene rings is 1. The van der Waals surface area contributed by atoms with Gasteiger partial charge in [0, 0.05) is 41.3 Å². The van der Waals surface area contributed by atoms with Crippen LogP contribution in [-0.4, -0.2) is 40.9 Å². The van der Waals surface area contributed by atoms with E-state index in [4.69, 9.17) is 9.47 Å². The molecule has 2 fully saturated rings. The Hall–Kier alpha value is -0.470. The number of rotatable bonds is 5. The van der Waals surface area contributed by atoms with E-state index in [0.29, 0.717) is 18.1 Å². The molecule has 1 N–H and O–H groups in total. The first-order valence-corrected chi connectivity index (χ1v) is 9.44. The number of methoxy groups -OCH3 is 1. The Labute approximate surface area is 129 Å². The molecule has 2 heterocycles. The van der Waals surface area contributed by atoms with E-state index in [2.05, 4.69) is 4.72 Å². The van der Waals surface area contributed by atoms with Crippen LogP contribution in [0, 0.1) is 25.7 Å². The van der Waals surface area contributed by atoms with E-state index in [1.165, 1.54) is 11.3 Å². The molecule has 4 atom stereocenters. The van der Waals surface area contributed by atoms with Gasteiger partial charge in [-0.25, -0.2) is 13.1 Å². The molecule has 3 rings (SSSR count). The third kappa shape index (κ3) is 2.66. The van der Waals surface area contributed by atoms with Gasteiger partial charge in [-0.15, -0.1) is 11.3 Å². The van der Waals surface area contributed by atoms with Gasteiger partial charge in [0.15, 0.2) is 0 Å². The summed E-state index contributed by atoms with van der Waals surface area (Å²) in [5.74, 6) is 0.386. The van der Waals surface area contributed by atoms with Gasteiger partial charge in [-0.05, 0) is 26.3 Å². The number of hydrogen-bond acceptors (Lipinski definition) is 5. The average molecular weight is 331 g/mol. The molecule has 1 aliphatic heterocycles. The second kappa shape index (κ2) is 5.62. The lowest BCUT2D eigenvalue weighted by Gasteiger charge is -2.47. The van der Waals surface area contributed by atoms with Crippen molar-refractivity contribution in [3.8, 4) is 0 Å². The van der Waals surface area contributed by atoms with Gasteiger partial charge in [0.25, 0.3) is 0 Å². The van der Waals surface area contributed by atoms with Crippen molar-refractivity contribution in [3.63, 3.8) is 0 Å². The van der Waals surface area contributed by atoms with Crippen LogP contribution in [0.4, 0.5) is 0 Å². The highest BCUT2D eigenvalue weighted by Crippen LogP contribution is 2.44. The maximum absolute atomic E-state index is 12.6. The number of sulfonamides is 1. The highest BCUT2D eigenvalue weighted by molar-refractivity contribution is 7.89. The number of fused-ring (bicyclic) bond motifs is 1. The van der Waals surface area contributed by atoms with Gasteiger partial charge in [0.05, 0.1) is 17.6 Å². The largest absolute Gasteiger partial charge is 0.384 e. The molecule has 0 aromatic carbocycles. The number of hydrogen-bond donors (Lipinski definition) is 1. The third-order valence-electron chi connectivity index (χ3n) is 4.46. The molecule has 118 valence electrons. The molecule has 0 bridgehead atoms. The Bertz CT molecular complexity index is 625. The van der Waals surface area contributed by atoms with Gasteiger partial charge in [-0.1, -0.05) is 0 Å². The zero-order valence-corrected chi connectivity index (χ0v) is 14.1. The molecule has 7 heteroatoms. The predicted octanol–water partition coefficient (Wildman–Crippen LogP) is 1.69. The molecule has 21 heavy (non-hydrogen) atoms. The zero-order chi connectivity index (χ0) is 15.2. The standard InChI is InChI=1S/C14H21NO4S2/c1-8-6-12(9(2)20-8)21(16,17)15-13-10-4-5-19-14(10)11(13)7-18-3/h6,10-11,13-15H,4-5,7H2,1-3H3/t10-,11+,13-,14-/m0/s1.